The Morgan fingerprint density at radius 2 is 1.64 bits per heavy atom. The minimum atomic E-state index is 0.222. The largest absolute Gasteiger partial charge is 0.494 e. The molecule has 0 atom stereocenters. The quantitative estimate of drug-likeness (QED) is 0.761. The minimum absolute atomic E-state index is 0.222. The number of aliphatic hydroxyl groups excluding tert-OH is 1. The van der Waals surface area contributed by atoms with Gasteiger partial charge in [0.2, 0.25) is 0 Å². The van der Waals surface area contributed by atoms with Crippen molar-refractivity contribution in [1.82, 2.24) is 4.90 Å². The van der Waals surface area contributed by atoms with E-state index in [-0.39, 0.29) is 6.61 Å². The molecule has 2 rings (SSSR count). The van der Waals surface area contributed by atoms with Crippen molar-refractivity contribution in [2.45, 2.75) is 45.1 Å². The summed E-state index contributed by atoms with van der Waals surface area (Å²) in [5.74, 6) is 1.75. The highest BCUT2D eigenvalue weighted by Gasteiger charge is 2.20. The molecule has 0 aliphatic heterocycles. The van der Waals surface area contributed by atoms with Crippen molar-refractivity contribution in [1.29, 1.82) is 0 Å². The van der Waals surface area contributed by atoms with Crippen LogP contribution in [-0.4, -0.2) is 49.0 Å². The highest BCUT2D eigenvalue weighted by molar-refractivity contribution is 5.31. The lowest BCUT2D eigenvalue weighted by molar-refractivity contribution is 0.106. The fourth-order valence-corrected chi connectivity index (χ4v) is 3.13. The predicted octanol–water partition coefficient (Wildman–Crippen LogP) is 3.09. The molecule has 1 aliphatic carbocycles. The molecule has 124 valence electrons. The van der Waals surface area contributed by atoms with Gasteiger partial charge < -0.3 is 14.6 Å². The molecule has 0 unspecified atom stereocenters. The Labute approximate surface area is 134 Å². The van der Waals surface area contributed by atoms with Gasteiger partial charge in [0.05, 0.1) is 13.2 Å². The Bertz CT molecular complexity index is 401. The van der Waals surface area contributed by atoms with Crippen molar-refractivity contribution in [3.8, 4) is 11.5 Å². The second-order valence-corrected chi connectivity index (χ2v) is 5.80. The van der Waals surface area contributed by atoms with E-state index in [1.165, 1.54) is 32.1 Å². The minimum Gasteiger partial charge on any atom is -0.494 e. The maximum atomic E-state index is 9.27. The molecule has 4 nitrogen and oxygen atoms in total. The number of aliphatic hydroxyl groups is 1. The smallest absolute Gasteiger partial charge is 0.119 e. The lowest BCUT2D eigenvalue weighted by Crippen LogP contribution is -2.41. The Hall–Kier alpha value is -1.26. The Balaban J connectivity index is 1.76. The number of hydrogen-bond acceptors (Lipinski definition) is 4. The topological polar surface area (TPSA) is 41.9 Å². The van der Waals surface area contributed by atoms with Crippen molar-refractivity contribution in [2.75, 3.05) is 32.9 Å². The van der Waals surface area contributed by atoms with E-state index in [0.717, 1.165) is 24.6 Å². The summed E-state index contributed by atoms with van der Waals surface area (Å²) >= 11 is 0. The first-order valence-corrected chi connectivity index (χ1v) is 8.54. The maximum Gasteiger partial charge on any atom is 0.119 e. The van der Waals surface area contributed by atoms with Gasteiger partial charge >= 0.3 is 0 Å². The number of nitrogens with zero attached hydrogens (tertiary/aromatic N) is 1. The van der Waals surface area contributed by atoms with Crippen LogP contribution in [0.25, 0.3) is 0 Å². The Morgan fingerprint density at radius 1 is 1.00 bits per heavy atom. The van der Waals surface area contributed by atoms with Crippen molar-refractivity contribution in [2.24, 2.45) is 0 Å². The third-order valence-electron chi connectivity index (χ3n) is 4.26. The van der Waals surface area contributed by atoms with Crippen molar-refractivity contribution >= 4 is 0 Å². The number of hydrogen-bond donors (Lipinski definition) is 1. The van der Waals surface area contributed by atoms with E-state index < -0.39 is 0 Å². The van der Waals surface area contributed by atoms with Gasteiger partial charge in [-0.1, -0.05) is 19.3 Å². The van der Waals surface area contributed by atoms with E-state index in [0.29, 0.717) is 19.3 Å². The first-order valence-electron chi connectivity index (χ1n) is 8.54. The van der Waals surface area contributed by atoms with Crippen molar-refractivity contribution in [3.63, 3.8) is 0 Å². The van der Waals surface area contributed by atoms with Crippen molar-refractivity contribution in [3.05, 3.63) is 24.3 Å². The summed E-state index contributed by atoms with van der Waals surface area (Å²) in [5.41, 5.74) is 0. The summed E-state index contributed by atoms with van der Waals surface area (Å²) in [7, 11) is 0. The second-order valence-electron chi connectivity index (χ2n) is 5.80. The van der Waals surface area contributed by atoms with Crippen LogP contribution in [0.15, 0.2) is 24.3 Å². The third-order valence-corrected chi connectivity index (χ3v) is 4.26. The predicted molar refractivity (Wildman–Crippen MR) is 88.6 cm³/mol. The van der Waals surface area contributed by atoms with Crippen LogP contribution < -0.4 is 9.47 Å². The number of ether oxygens (including phenoxy) is 2. The summed E-state index contributed by atoms with van der Waals surface area (Å²) in [4.78, 5) is 2.38. The normalized spacial score (nSPS) is 16.0. The van der Waals surface area contributed by atoms with Gasteiger partial charge in [-0.25, -0.2) is 0 Å². The average molecular weight is 307 g/mol. The average Bonchev–Trinajstić information content (AvgIpc) is 2.57. The highest BCUT2D eigenvalue weighted by Crippen LogP contribution is 2.22. The van der Waals surface area contributed by atoms with Crippen LogP contribution in [0.4, 0.5) is 0 Å². The van der Waals surface area contributed by atoms with Crippen LogP contribution in [0.2, 0.25) is 0 Å². The molecule has 0 heterocycles. The van der Waals surface area contributed by atoms with E-state index in [1.54, 1.807) is 0 Å². The molecule has 0 radical (unpaired) electrons. The van der Waals surface area contributed by atoms with Gasteiger partial charge in [-0.2, -0.15) is 0 Å². The molecule has 1 aromatic rings. The van der Waals surface area contributed by atoms with Gasteiger partial charge in [0.15, 0.2) is 0 Å². The Kier molecular flexibility index (Phi) is 7.54. The Morgan fingerprint density at radius 3 is 2.23 bits per heavy atom. The molecule has 1 N–H and O–H groups in total. The van der Waals surface area contributed by atoms with Gasteiger partial charge in [-0.05, 0) is 44.0 Å². The molecule has 0 bridgehead atoms. The molecular formula is C18H29NO3. The maximum absolute atomic E-state index is 9.27. The summed E-state index contributed by atoms with van der Waals surface area (Å²) < 4.78 is 11.3. The van der Waals surface area contributed by atoms with E-state index in [9.17, 15) is 5.11 Å². The first-order chi connectivity index (χ1) is 10.8. The fourth-order valence-electron chi connectivity index (χ4n) is 3.13. The van der Waals surface area contributed by atoms with Crippen LogP contribution in [0.5, 0.6) is 11.5 Å². The molecule has 1 saturated carbocycles. The zero-order valence-electron chi connectivity index (χ0n) is 13.7. The van der Waals surface area contributed by atoms with E-state index in [2.05, 4.69) is 4.90 Å². The first kappa shape index (κ1) is 17.1. The van der Waals surface area contributed by atoms with Crippen LogP contribution >= 0.6 is 0 Å². The number of rotatable bonds is 9. The molecule has 1 aromatic carbocycles. The van der Waals surface area contributed by atoms with Crippen LogP contribution in [0, 0.1) is 0 Å². The van der Waals surface area contributed by atoms with E-state index >= 15 is 0 Å². The molecule has 22 heavy (non-hydrogen) atoms. The number of benzene rings is 1. The van der Waals surface area contributed by atoms with Gasteiger partial charge in [0.25, 0.3) is 0 Å². The molecule has 0 spiro atoms. The van der Waals surface area contributed by atoms with E-state index in [4.69, 9.17) is 9.47 Å². The molecule has 1 fully saturated rings. The zero-order valence-corrected chi connectivity index (χ0v) is 13.7. The van der Waals surface area contributed by atoms with Crippen LogP contribution in [0.1, 0.15) is 39.0 Å². The standard InChI is InChI=1S/C18H29NO3/c1-2-21-17-8-10-18(11-9-17)22-15-13-19(12-14-20)16-6-4-3-5-7-16/h8-11,16,20H,2-7,12-15H2,1H3. The fraction of sp³-hybridized carbons (Fsp3) is 0.667. The highest BCUT2D eigenvalue weighted by atomic mass is 16.5. The molecular weight excluding hydrogens is 278 g/mol. The second kappa shape index (κ2) is 9.70. The van der Waals surface area contributed by atoms with E-state index in [1.807, 2.05) is 31.2 Å². The van der Waals surface area contributed by atoms with Gasteiger partial charge in [0, 0.05) is 19.1 Å². The monoisotopic (exact) mass is 307 g/mol. The zero-order chi connectivity index (χ0) is 15.6. The lowest BCUT2D eigenvalue weighted by Gasteiger charge is -2.33. The molecule has 4 heteroatoms. The lowest BCUT2D eigenvalue weighted by atomic mass is 9.94. The van der Waals surface area contributed by atoms with Crippen LogP contribution in [-0.2, 0) is 0 Å². The summed E-state index contributed by atoms with van der Waals surface area (Å²) in [6.45, 7) is 5.16. The molecule has 0 amide bonds. The van der Waals surface area contributed by atoms with Crippen LogP contribution in [0.3, 0.4) is 0 Å². The van der Waals surface area contributed by atoms with Gasteiger partial charge in [-0.15, -0.1) is 0 Å². The molecule has 1 aliphatic rings. The third kappa shape index (κ3) is 5.50. The summed E-state index contributed by atoms with van der Waals surface area (Å²) in [6, 6.07) is 8.38. The summed E-state index contributed by atoms with van der Waals surface area (Å²) in [6.07, 6.45) is 6.48. The van der Waals surface area contributed by atoms with Gasteiger partial charge in [0.1, 0.15) is 18.1 Å². The molecule has 0 aromatic heterocycles. The summed E-state index contributed by atoms with van der Waals surface area (Å²) in [5, 5.41) is 9.27. The molecule has 0 saturated heterocycles. The van der Waals surface area contributed by atoms with Gasteiger partial charge in [-0.3, -0.25) is 4.90 Å². The van der Waals surface area contributed by atoms with Crippen molar-refractivity contribution < 1.29 is 14.6 Å². The SMILES string of the molecule is CCOc1ccc(OCCN(CCO)C2CCCCC2)cc1.